The van der Waals surface area contributed by atoms with E-state index in [-0.39, 0.29) is 12.4 Å². The van der Waals surface area contributed by atoms with Gasteiger partial charge in [0.05, 0.1) is 0 Å². The van der Waals surface area contributed by atoms with Crippen LogP contribution < -0.4 is 10.2 Å². The molecule has 0 saturated carbocycles. The molecule has 0 atom stereocenters. The Bertz CT molecular complexity index is 323. The number of hydrogen-bond donors (Lipinski definition) is 1. The van der Waals surface area contributed by atoms with Gasteiger partial charge in [0, 0.05) is 37.4 Å². The minimum absolute atomic E-state index is 0. The average Bonchev–Trinajstić information content (AvgIpc) is 2.23. The van der Waals surface area contributed by atoms with Gasteiger partial charge < -0.3 is 10.2 Å². The van der Waals surface area contributed by atoms with Gasteiger partial charge >= 0.3 is 0 Å². The van der Waals surface area contributed by atoms with E-state index in [0.29, 0.717) is 0 Å². The van der Waals surface area contributed by atoms with Gasteiger partial charge in [-0.15, -0.1) is 12.4 Å². The van der Waals surface area contributed by atoms with E-state index in [1.54, 1.807) is 6.33 Å². The van der Waals surface area contributed by atoms with E-state index < -0.39 is 0 Å². The molecule has 15 heavy (non-hydrogen) atoms. The Morgan fingerprint density at radius 2 is 1.87 bits per heavy atom. The highest BCUT2D eigenvalue weighted by atomic mass is 35.5. The molecular formula is C10H17ClN4. The van der Waals surface area contributed by atoms with Gasteiger partial charge in [0.25, 0.3) is 0 Å². The normalized spacial score (nSPS) is 16.0. The predicted molar refractivity (Wildman–Crippen MR) is 63.8 cm³/mol. The fourth-order valence-electron chi connectivity index (χ4n) is 1.72. The predicted octanol–water partition coefficient (Wildman–Crippen LogP) is 0.925. The molecule has 0 spiro atoms. The van der Waals surface area contributed by atoms with Gasteiger partial charge in [-0.05, 0) is 13.8 Å². The first-order chi connectivity index (χ1) is 6.79. The van der Waals surface area contributed by atoms with Crippen LogP contribution in [-0.4, -0.2) is 36.1 Å². The molecule has 4 nitrogen and oxygen atoms in total. The molecule has 0 aliphatic carbocycles. The van der Waals surface area contributed by atoms with Gasteiger partial charge in [-0.25, -0.2) is 9.97 Å². The van der Waals surface area contributed by atoms with Crippen LogP contribution in [0.15, 0.2) is 6.33 Å². The molecule has 2 rings (SSSR count). The summed E-state index contributed by atoms with van der Waals surface area (Å²) in [5.41, 5.74) is 2.28. The lowest BCUT2D eigenvalue weighted by Crippen LogP contribution is -2.44. The number of hydrogen-bond acceptors (Lipinski definition) is 4. The summed E-state index contributed by atoms with van der Waals surface area (Å²) in [5.74, 6) is 1.10. The number of piperazine rings is 1. The maximum Gasteiger partial charge on any atom is 0.135 e. The number of aromatic nitrogens is 2. The van der Waals surface area contributed by atoms with E-state index in [2.05, 4.69) is 27.1 Å². The first-order valence-corrected chi connectivity index (χ1v) is 5.03. The van der Waals surface area contributed by atoms with E-state index in [1.165, 1.54) is 5.56 Å². The summed E-state index contributed by atoms with van der Waals surface area (Å²) in [5, 5.41) is 3.33. The Kier molecular flexibility index (Phi) is 4.29. The molecule has 0 aromatic carbocycles. The third-order valence-electron chi connectivity index (χ3n) is 2.73. The molecule has 1 fully saturated rings. The van der Waals surface area contributed by atoms with Crippen LogP contribution in [0.4, 0.5) is 5.82 Å². The summed E-state index contributed by atoms with van der Waals surface area (Å²) >= 11 is 0. The van der Waals surface area contributed by atoms with Crippen LogP contribution in [0.25, 0.3) is 0 Å². The maximum atomic E-state index is 4.35. The standard InChI is InChI=1S/C10H16N4.ClH/c1-8-9(2)12-7-13-10(8)14-5-3-11-4-6-14;/h7,11H,3-6H2,1-2H3;1H. The Morgan fingerprint density at radius 1 is 1.20 bits per heavy atom. The molecular weight excluding hydrogens is 212 g/mol. The van der Waals surface area contributed by atoms with Crippen LogP contribution in [0, 0.1) is 13.8 Å². The maximum absolute atomic E-state index is 4.35. The fraction of sp³-hybridized carbons (Fsp3) is 0.600. The lowest BCUT2D eigenvalue weighted by atomic mass is 10.2. The molecule has 0 amide bonds. The molecule has 0 radical (unpaired) electrons. The monoisotopic (exact) mass is 228 g/mol. The summed E-state index contributed by atoms with van der Waals surface area (Å²) < 4.78 is 0. The van der Waals surface area contributed by atoms with E-state index >= 15 is 0 Å². The highest BCUT2D eigenvalue weighted by molar-refractivity contribution is 5.85. The molecule has 1 aromatic heterocycles. The van der Waals surface area contributed by atoms with Gasteiger partial charge in [-0.2, -0.15) is 0 Å². The Labute approximate surface area is 96.5 Å². The van der Waals surface area contributed by atoms with Crippen molar-refractivity contribution in [1.29, 1.82) is 0 Å². The van der Waals surface area contributed by atoms with Crippen LogP contribution in [0.2, 0.25) is 0 Å². The van der Waals surface area contributed by atoms with Gasteiger partial charge in [-0.1, -0.05) is 0 Å². The molecule has 0 bridgehead atoms. The zero-order valence-electron chi connectivity index (χ0n) is 9.16. The van der Waals surface area contributed by atoms with Crippen molar-refractivity contribution in [1.82, 2.24) is 15.3 Å². The second kappa shape index (κ2) is 5.28. The number of rotatable bonds is 1. The van der Waals surface area contributed by atoms with Crippen LogP contribution >= 0.6 is 12.4 Å². The first kappa shape index (κ1) is 12.2. The van der Waals surface area contributed by atoms with Gasteiger partial charge in [0.1, 0.15) is 12.1 Å². The average molecular weight is 229 g/mol. The molecule has 1 saturated heterocycles. The van der Waals surface area contributed by atoms with Crippen LogP contribution in [0.1, 0.15) is 11.3 Å². The quantitative estimate of drug-likeness (QED) is 0.777. The molecule has 84 valence electrons. The molecule has 1 N–H and O–H groups in total. The lowest BCUT2D eigenvalue weighted by molar-refractivity contribution is 0.583. The van der Waals surface area contributed by atoms with Crippen molar-refractivity contribution in [3.8, 4) is 0 Å². The van der Waals surface area contributed by atoms with Crippen molar-refractivity contribution >= 4 is 18.2 Å². The second-order valence-electron chi connectivity index (χ2n) is 3.64. The van der Waals surface area contributed by atoms with Crippen molar-refractivity contribution in [2.24, 2.45) is 0 Å². The SMILES string of the molecule is Cc1ncnc(N2CCNCC2)c1C.Cl. The highest BCUT2D eigenvalue weighted by Gasteiger charge is 2.14. The van der Waals surface area contributed by atoms with Crippen LogP contribution in [0.5, 0.6) is 0 Å². The van der Waals surface area contributed by atoms with Gasteiger partial charge in [0.15, 0.2) is 0 Å². The van der Waals surface area contributed by atoms with Gasteiger partial charge in [0.2, 0.25) is 0 Å². The fourth-order valence-corrected chi connectivity index (χ4v) is 1.72. The van der Waals surface area contributed by atoms with Crippen LogP contribution in [-0.2, 0) is 0 Å². The topological polar surface area (TPSA) is 41.1 Å². The summed E-state index contributed by atoms with van der Waals surface area (Å²) in [6, 6.07) is 0. The van der Waals surface area contributed by atoms with E-state index in [0.717, 1.165) is 37.7 Å². The van der Waals surface area contributed by atoms with Crippen molar-refractivity contribution in [3.63, 3.8) is 0 Å². The highest BCUT2D eigenvalue weighted by Crippen LogP contribution is 2.17. The zero-order chi connectivity index (χ0) is 9.97. The molecule has 0 unspecified atom stereocenters. The summed E-state index contributed by atoms with van der Waals surface area (Å²) in [7, 11) is 0. The van der Waals surface area contributed by atoms with E-state index in [4.69, 9.17) is 0 Å². The first-order valence-electron chi connectivity index (χ1n) is 5.03. The molecule has 1 aliphatic heterocycles. The minimum atomic E-state index is 0. The van der Waals surface area contributed by atoms with E-state index in [1.807, 2.05) is 6.92 Å². The number of nitrogens with one attached hydrogen (secondary N) is 1. The number of aryl methyl sites for hydroxylation is 1. The molecule has 1 aliphatic rings. The van der Waals surface area contributed by atoms with Crippen molar-refractivity contribution in [2.75, 3.05) is 31.1 Å². The molecule has 5 heteroatoms. The Hall–Kier alpha value is -0.870. The third-order valence-corrected chi connectivity index (χ3v) is 2.73. The second-order valence-corrected chi connectivity index (χ2v) is 3.64. The zero-order valence-corrected chi connectivity index (χ0v) is 9.97. The van der Waals surface area contributed by atoms with Crippen molar-refractivity contribution < 1.29 is 0 Å². The smallest absolute Gasteiger partial charge is 0.135 e. The summed E-state index contributed by atoms with van der Waals surface area (Å²) in [4.78, 5) is 10.9. The summed E-state index contributed by atoms with van der Waals surface area (Å²) in [6.07, 6.45) is 1.65. The third kappa shape index (κ3) is 2.58. The number of anilines is 1. The Balaban J connectivity index is 0.00000112. The van der Waals surface area contributed by atoms with Gasteiger partial charge in [-0.3, -0.25) is 0 Å². The molecule has 2 heterocycles. The van der Waals surface area contributed by atoms with Crippen molar-refractivity contribution in [2.45, 2.75) is 13.8 Å². The Morgan fingerprint density at radius 3 is 2.53 bits per heavy atom. The number of nitrogens with zero attached hydrogens (tertiary/aromatic N) is 3. The van der Waals surface area contributed by atoms with Crippen LogP contribution in [0.3, 0.4) is 0 Å². The van der Waals surface area contributed by atoms with E-state index in [9.17, 15) is 0 Å². The lowest BCUT2D eigenvalue weighted by Gasteiger charge is -2.29. The summed E-state index contributed by atoms with van der Waals surface area (Å²) in [6.45, 7) is 8.29. The largest absolute Gasteiger partial charge is 0.354 e. The number of halogens is 1. The van der Waals surface area contributed by atoms with Crippen molar-refractivity contribution in [3.05, 3.63) is 17.6 Å². The minimum Gasteiger partial charge on any atom is -0.354 e. The molecule has 1 aromatic rings.